The van der Waals surface area contributed by atoms with Crippen molar-refractivity contribution < 1.29 is 0 Å². The predicted molar refractivity (Wildman–Crippen MR) is 70.9 cm³/mol. The van der Waals surface area contributed by atoms with Gasteiger partial charge in [0.2, 0.25) is 0 Å². The molecular formula is C13H14N2S. The first-order valence-electron chi connectivity index (χ1n) is 5.13. The van der Waals surface area contributed by atoms with Gasteiger partial charge in [0.15, 0.2) is 0 Å². The van der Waals surface area contributed by atoms with Gasteiger partial charge in [-0.25, -0.2) is 0 Å². The Balaban J connectivity index is 2.34. The molecule has 1 aromatic carbocycles. The third-order valence-electron chi connectivity index (χ3n) is 2.46. The van der Waals surface area contributed by atoms with Crippen LogP contribution in [0.25, 0.3) is 5.69 Å². The first-order valence-corrected chi connectivity index (χ1v) is 5.54. The standard InChI is InChI=1S/C13H14N2S/c1-14(2)11-3-5-12(6-4-11)15-9-7-13(16)8-10-15/h3-10H,1-2H3. The molecule has 0 N–H and O–H groups in total. The molecule has 0 aliphatic carbocycles. The van der Waals surface area contributed by atoms with E-state index in [9.17, 15) is 0 Å². The second-order valence-electron chi connectivity index (χ2n) is 3.85. The van der Waals surface area contributed by atoms with Gasteiger partial charge in [0.05, 0.1) is 0 Å². The lowest BCUT2D eigenvalue weighted by molar-refractivity contribution is 1.04. The Morgan fingerprint density at radius 1 is 0.938 bits per heavy atom. The van der Waals surface area contributed by atoms with E-state index in [1.807, 2.05) is 38.6 Å². The van der Waals surface area contributed by atoms with Gasteiger partial charge in [-0.1, -0.05) is 12.2 Å². The van der Waals surface area contributed by atoms with E-state index >= 15 is 0 Å². The number of aromatic nitrogens is 1. The second kappa shape index (κ2) is 4.49. The van der Waals surface area contributed by atoms with Crippen LogP contribution in [0.1, 0.15) is 0 Å². The van der Waals surface area contributed by atoms with E-state index in [-0.39, 0.29) is 0 Å². The number of hydrogen-bond donors (Lipinski definition) is 0. The molecule has 2 nitrogen and oxygen atoms in total. The number of rotatable bonds is 2. The first kappa shape index (κ1) is 10.9. The van der Waals surface area contributed by atoms with Gasteiger partial charge in [-0.05, 0) is 36.4 Å². The minimum atomic E-state index is 0.862. The highest BCUT2D eigenvalue weighted by molar-refractivity contribution is 7.71. The summed E-state index contributed by atoms with van der Waals surface area (Å²) in [4.78, 5) is 2.08. The van der Waals surface area contributed by atoms with Gasteiger partial charge in [0.25, 0.3) is 0 Å². The maximum absolute atomic E-state index is 5.06. The highest BCUT2D eigenvalue weighted by atomic mass is 32.1. The van der Waals surface area contributed by atoms with Crippen molar-refractivity contribution >= 4 is 17.9 Å². The van der Waals surface area contributed by atoms with Crippen molar-refractivity contribution in [3.8, 4) is 5.69 Å². The summed E-state index contributed by atoms with van der Waals surface area (Å²) in [5.74, 6) is 0. The molecule has 0 atom stereocenters. The van der Waals surface area contributed by atoms with E-state index in [4.69, 9.17) is 12.2 Å². The lowest BCUT2D eigenvalue weighted by atomic mass is 10.2. The molecule has 0 radical (unpaired) electrons. The van der Waals surface area contributed by atoms with Gasteiger partial charge in [-0.15, -0.1) is 0 Å². The molecular weight excluding hydrogens is 216 g/mol. The molecule has 0 unspecified atom stereocenters. The molecule has 0 saturated heterocycles. The van der Waals surface area contributed by atoms with Gasteiger partial charge in [-0.3, -0.25) is 0 Å². The Labute approximate surface area is 101 Å². The molecule has 0 aliphatic rings. The summed E-state index contributed by atoms with van der Waals surface area (Å²) in [5, 5.41) is 0. The molecule has 0 amide bonds. The number of nitrogens with zero attached hydrogens (tertiary/aromatic N) is 2. The average molecular weight is 230 g/mol. The maximum Gasteiger partial charge on any atom is 0.0450 e. The fraction of sp³-hybridized carbons (Fsp3) is 0.154. The van der Waals surface area contributed by atoms with E-state index in [1.165, 1.54) is 5.69 Å². The molecule has 16 heavy (non-hydrogen) atoms. The fourth-order valence-corrected chi connectivity index (χ4v) is 1.63. The summed E-state index contributed by atoms with van der Waals surface area (Å²) >= 11 is 5.06. The fourth-order valence-electron chi connectivity index (χ4n) is 1.51. The summed E-state index contributed by atoms with van der Waals surface area (Å²) in [5.41, 5.74) is 2.34. The molecule has 1 heterocycles. The van der Waals surface area contributed by atoms with Crippen LogP contribution in [-0.4, -0.2) is 18.7 Å². The highest BCUT2D eigenvalue weighted by Gasteiger charge is 1.96. The lowest BCUT2D eigenvalue weighted by Crippen LogP contribution is -2.08. The summed E-state index contributed by atoms with van der Waals surface area (Å²) in [6, 6.07) is 12.2. The molecule has 3 heteroatoms. The second-order valence-corrected chi connectivity index (χ2v) is 4.32. The summed E-state index contributed by atoms with van der Waals surface area (Å²) in [7, 11) is 4.07. The minimum absolute atomic E-state index is 0.862. The number of pyridine rings is 1. The quantitative estimate of drug-likeness (QED) is 0.732. The van der Waals surface area contributed by atoms with E-state index in [1.54, 1.807) is 0 Å². The molecule has 0 bridgehead atoms. The molecule has 82 valence electrons. The number of anilines is 1. The van der Waals surface area contributed by atoms with Crippen LogP contribution in [0.2, 0.25) is 0 Å². The van der Waals surface area contributed by atoms with Crippen molar-refractivity contribution in [1.82, 2.24) is 4.57 Å². The normalized spacial score (nSPS) is 10.1. The number of benzene rings is 1. The Hall–Kier alpha value is -1.61. The van der Waals surface area contributed by atoms with E-state index in [2.05, 4.69) is 33.7 Å². The molecule has 1 aromatic heterocycles. The molecule has 0 saturated carbocycles. The van der Waals surface area contributed by atoms with Crippen LogP contribution in [-0.2, 0) is 0 Å². The molecule has 0 fully saturated rings. The van der Waals surface area contributed by atoms with Crippen molar-refractivity contribution in [1.29, 1.82) is 0 Å². The maximum atomic E-state index is 5.06. The number of hydrogen-bond acceptors (Lipinski definition) is 2. The third-order valence-corrected chi connectivity index (χ3v) is 2.74. The zero-order valence-corrected chi connectivity index (χ0v) is 10.2. The summed E-state index contributed by atoms with van der Waals surface area (Å²) in [6.07, 6.45) is 3.96. The van der Waals surface area contributed by atoms with E-state index < -0.39 is 0 Å². The third kappa shape index (κ3) is 2.31. The Morgan fingerprint density at radius 3 is 2.00 bits per heavy atom. The Kier molecular flexibility index (Phi) is 3.06. The van der Waals surface area contributed by atoms with Crippen molar-refractivity contribution in [3.63, 3.8) is 0 Å². The van der Waals surface area contributed by atoms with Crippen LogP contribution in [0, 0.1) is 4.51 Å². The van der Waals surface area contributed by atoms with Crippen LogP contribution in [0.5, 0.6) is 0 Å². The van der Waals surface area contributed by atoms with Crippen LogP contribution in [0.15, 0.2) is 48.8 Å². The van der Waals surface area contributed by atoms with E-state index in [0.717, 1.165) is 10.2 Å². The van der Waals surface area contributed by atoms with Crippen LogP contribution in [0.4, 0.5) is 5.69 Å². The van der Waals surface area contributed by atoms with Crippen LogP contribution >= 0.6 is 12.2 Å². The van der Waals surface area contributed by atoms with Crippen molar-refractivity contribution in [3.05, 3.63) is 53.3 Å². The van der Waals surface area contributed by atoms with Gasteiger partial charge in [0, 0.05) is 42.4 Å². The Bertz CT molecular complexity index is 506. The van der Waals surface area contributed by atoms with Gasteiger partial charge >= 0.3 is 0 Å². The monoisotopic (exact) mass is 230 g/mol. The predicted octanol–water partition coefficient (Wildman–Crippen LogP) is 3.27. The van der Waals surface area contributed by atoms with Gasteiger partial charge in [0.1, 0.15) is 0 Å². The molecule has 2 rings (SSSR count). The Morgan fingerprint density at radius 2 is 1.50 bits per heavy atom. The summed E-state index contributed by atoms with van der Waals surface area (Å²) < 4.78 is 2.91. The summed E-state index contributed by atoms with van der Waals surface area (Å²) in [6.45, 7) is 0. The van der Waals surface area contributed by atoms with Gasteiger partial charge < -0.3 is 9.47 Å². The van der Waals surface area contributed by atoms with Gasteiger partial charge in [-0.2, -0.15) is 0 Å². The molecule has 2 aromatic rings. The zero-order valence-electron chi connectivity index (χ0n) is 9.42. The highest BCUT2D eigenvalue weighted by Crippen LogP contribution is 2.15. The van der Waals surface area contributed by atoms with Crippen LogP contribution < -0.4 is 4.90 Å². The van der Waals surface area contributed by atoms with Crippen molar-refractivity contribution in [2.45, 2.75) is 0 Å². The SMILES string of the molecule is CN(C)c1ccc(-n2ccc(=S)cc2)cc1. The van der Waals surface area contributed by atoms with Crippen molar-refractivity contribution in [2.24, 2.45) is 0 Å². The van der Waals surface area contributed by atoms with E-state index in [0.29, 0.717) is 0 Å². The smallest absolute Gasteiger partial charge is 0.0450 e. The van der Waals surface area contributed by atoms with Crippen LogP contribution in [0.3, 0.4) is 0 Å². The first-order chi connectivity index (χ1) is 7.66. The lowest BCUT2D eigenvalue weighted by Gasteiger charge is -2.13. The zero-order chi connectivity index (χ0) is 11.5. The van der Waals surface area contributed by atoms with Crippen molar-refractivity contribution in [2.75, 3.05) is 19.0 Å². The topological polar surface area (TPSA) is 8.17 Å². The molecule has 0 spiro atoms. The average Bonchev–Trinajstić information content (AvgIpc) is 2.30. The molecule has 0 aliphatic heterocycles. The minimum Gasteiger partial charge on any atom is -0.378 e. The largest absolute Gasteiger partial charge is 0.378 e.